The lowest BCUT2D eigenvalue weighted by atomic mass is 9.79. The molecule has 1 aliphatic carbocycles. The Morgan fingerprint density at radius 3 is 2.72 bits per heavy atom. The maximum absolute atomic E-state index is 4.24. The van der Waals surface area contributed by atoms with Crippen molar-refractivity contribution in [2.75, 3.05) is 6.54 Å². The van der Waals surface area contributed by atoms with Crippen LogP contribution >= 0.6 is 0 Å². The topological polar surface area (TPSA) is 42.7 Å². The molecule has 0 radical (unpaired) electrons. The zero-order chi connectivity index (χ0) is 13.0. The number of hydrogen-bond acceptors (Lipinski definition) is 3. The fourth-order valence-corrected chi connectivity index (χ4v) is 3.26. The van der Waals surface area contributed by atoms with Crippen molar-refractivity contribution in [1.29, 1.82) is 0 Å². The highest BCUT2D eigenvalue weighted by Crippen LogP contribution is 2.46. The number of hydrogen-bond donors (Lipinski definition) is 1. The second-order valence-electron chi connectivity index (χ2n) is 5.73. The molecule has 1 unspecified atom stereocenters. The predicted molar refractivity (Wildman–Crippen MR) is 73.3 cm³/mol. The van der Waals surface area contributed by atoms with Crippen molar-refractivity contribution in [3.63, 3.8) is 0 Å². The number of aryl methyl sites for hydroxylation is 1. The molecular weight excluding hydrogens is 224 g/mol. The molecule has 0 aromatic carbocycles. The van der Waals surface area contributed by atoms with Crippen molar-refractivity contribution < 1.29 is 0 Å². The summed E-state index contributed by atoms with van der Waals surface area (Å²) in [5, 5.41) is 12.0. The molecule has 1 fully saturated rings. The summed E-state index contributed by atoms with van der Waals surface area (Å²) in [7, 11) is 0. The third-order valence-electron chi connectivity index (χ3n) is 4.23. The molecule has 4 nitrogen and oxygen atoms in total. The van der Waals surface area contributed by atoms with E-state index in [1.165, 1.54) is 31.4 Å². The maximum atomic E-state index is 4.24. The molecule has 102 valence electrons. The smallest absolute Gasteiger partial charge is 0.0762 e. The highest BCUT2D eigenvalue weighted by Gasteiger charge is 2.39. The van der Waals surface area contributed by atoms with Gasteiger partial charge < -0.3 is 5.32 Å². The molecule has 1 aromatic heterocycles. The van der Waals surface area contributed by atoms with Gasteiger partial charge in [0.1, 0.15) is 0 Å². The zero-order valence-electron chi connectivity index (χ0n) is 11.9. The van der Waals surface area contributed by atoms with Crippen LogP contribution < -0.4 is 5.32 Å². The zero-order valence-corrected chi connectivity index (χ0v) is 11.9. The standard InChI is InChI=1S/C14H26N4/c1-4-10-18-12(11-16-17-18)13(15-5-2)14(3)8-6-7-9-14/h11,13,15H,4-10H2,1-3H3. The third-order valence-corrected chi connectivity index (χ3v) is 4.23. The van der Waals surface area contributed by atoms with Gasteiger partial charge in [-0.2, -0.15) is 0 Å². The van der Waals surface area contributed by atoms with Crippen LogP contribution in [0.15, 0.2) is 6.20 Å². The van der Waals surface area contributed by atoms with Gasteiger partial charge in [0.05, 0.1) is 17.9 Å². The summed E-state index contributed by atoms with van der Waals surface area (Å²) in [6, 6.07) is 0.395. The van der Waals surface area contributed by atoms with E-state index in [9.17, 15) is 0 Å². The van der Waals surface area contributed by atoms with Crippen LogP contribution in [0.5, 0.6) is 0 Å². The van der Waals surface area contributed by atoms with Gasteiger partial charge in [0.15, 0.2) is 0 Å². The average Bonchev–Trinajstić information content (AvgIpc) is 2.97. The molecule has 1 N–H and O–H groups in total. The minimum absolute atomic E-state index is 0.364. The van der Waals surface area contributed by atoms with Crippen LogP contribution in [0, 0.1) is 5.41 Å². The van der Waals surface area contributed by atoms with Gasteiger partial charge in [0.2, 0.25) is 0 Å². The van der Waals surface area contributed by atoms with Gasteiger partial charge in [-0.25, -0.2) is 4.68 Å². The second kappa shape index (κ2) is 5.83. The van der Waals surface area contributed by atoms with Crippen LogP contribution in [-0.4, -0.2) is 21.5 Å². The lowest BCUT2D eigenvalue weighted by Crippen LogP contribution is -2.36. The molecule has 0 amide bonds. The molecule has 18 heavy (non-hydrogen) atoms. The Labute approximate surface area is 110 Å². The van der Waals surface area contributed by atoms with Crippen molar-refractivity contribution in [3.8, 4) is 0 Å². The Morgan fingerprint density at radius 1 is 1.39 bits per heavy atom. The lowest BCUT2D eigenvalue weighted by molar-refractivity contribution is 0.215. The van der Waals surface area contributed by atoms with E-state index in [0.29, 0.717) is 11.5 Å². The van der Waals surface area contributed by atoms with Crippen LogP contribution in [0.3, 0.4) is 0 Å². The Bertz CT molecular complexity index is 366. The molecule has 1 aromatic rings. The maximum Gasteiger partial charge on any atom is 0.0762 e. The minimum atomic E-state index is 0.364. The molecule has 0 saturated heterocycles. The normalized spacial score (nSPS) is 20.2. The molecule has 1 heterocycles. The van der Waals surface area contributed by atoms with Crippen molar-refractivity contribution in [1.82, 2.24) is 20.3 Å². The number of nitrogens with one attached hydrogen (secondary N) is 1. The fraction of sp³-hybridized carbons (Fsp3) is 0.857. The van der Waals surface area contributed by atoms with Gasteiger partial charge in [-0.1, -0.05) is 38.8 Å². The summed E-state index contributed by atoms with van der Waals surface area (Å²) in [6.07, 6.45) is 8.38. The molecule has 0 spiro atoms. The first-order valence-electron chi connectivity index (χ1n) is 7.33. The number of nitrogens with zero attached hydrogens (tertiary/aromatic N) is 3. The van der Waals surface area contributed by atoms with E-state index >= 15 is 0 Å². The van der Waals surface area contributed by atoms with E-state index in [2.05, 4.69) is 41.1 Å². The number of rotatable bonds is 6. The van der Waals surface area contributed by atoms with Crippen molar-refractivity contribution in [2.45, 2.75) is 65.5 Å². The SMILES string of the molecule is CCCn1nncc1C(NCC)C1(C)CCCC1. The van der Waals surface area contributed by atoms with Gasteiger partial charge in [0, 0.05) is 6.54 Å². The number of aromatic nitrogens is 3. The first kappa shape index (κ1) is 13.5. The Balaban J connectivity index is 2.25. The van der Waals surface area contributed by atoms with E-state index in [-0.39, 0.29) is 0 Å². The van der Waals surface area contributed by atoms with Crippen LogP contribution in [0.2, 0.25) is 0 Å². The molecule has 0 bridgehead atoms. The molecule has 1 atom stereocenters. The largest absolute Gasteiger partial charge is 0.308 e. The van der Waals surface area contributed by atoms with Crippen LogP contribution in [-0.2, 0) is 6.54 Å². The minimum Gasteiger partial charge on any atom is -0.308 e. The van der Waals surface area contributed by atoms with Gasteiger partial charge in [0.25, 0.3) is 0 Å². The first-order chi connectivity index (χ1) is 8.71. The van der Waals surface area contributed by atoms with E-state index < -0.39 is 0 Å². The quantitative estimate of drug-likeness (QED) is 0.844. The Kier molecular flexibility index (Phi) is 4.38. The molecule has 1 saturated carbocycles. The first-order valence-corrected chi connectivity index (χ1v) is 7.33. The van der Waals surface area contributed by atoms with Gasteiger partial charge in [-0.05, 0) is 31.2 Å². The van der Waals surface area contributed by atoms with Gasteiger partial charge >= 0.3 is 0 Å². The average molecular weight is 250 g/mol. The van der Waals surface area contributed by atoms with Crippen LogP contribution in [0.25, 0.3) is 0 Å². The van der Waals surface area contributed by atoms with Crippen molar-refractivity contribution in [3.05, 3.63) is 11.9 Å². The van der Waals surface area contributed by atoms with Crippen LogP contribution in [0.1, 0.15) is 64.6 Å². The summed E-state index contributed by atoms with van der Waals surface area (Å²) < 4.78 is 2.08. The van der Waals surface area contributed by atoms with E-state index in [1.54, 1.807) is 0 Å². The second-order valence-corrected chi connectivity index (χ2v) is 5.73. The fourth-order valence-electron chi connectivity index (χ4n) is 3.26. The van der Waals surface area contributed by atoms with E-state index in [0.717, 1.165) is 19.5 Å². The summed E-state index contributed by atoms with van der Waals surface area (Å²) in [5.41, 5.74) is 1.63. The lowest BCUT2D eigenvalue weighted by Gasteiger charge is -2.34. The van der Waals surface area contributed by atoms with Gasteiger partial charge in [-0.3, -0.25) is 0 Å². The highest BCUT2D eigenvalue weighted by molar-refractivity contribution is 5.09. The third kappa shape index (κ3) is 2.58. The molecule has 1 aliphatic rings. The van der Waals surface area contributed by atoms with Crippen molar-refractivity contribution >= 4 is 0 Å². The van der Waals surface area contributed by atoms with E-state index in [4.69, 9.17) is 0 Å². The molecule has 0 aliphatic heterocycles. The summed E-state index contributed by atoms with van der Waals surface area (Å²) >= 11 is 0. The Morgan fingerprint density at radius 2 is 2.11 bits per heavy atom. The van der Waals surface area contributed by atoms with Crippen LogP contribution in [0.4, 0.5) is 0 Å². The highest BCUT2D eigenvalue weighted by atomic mass is 15.4. The van der Waals surface area contributed by atoms with Gasteiger partial charge in [-0.15, -0.1) is 5.10 Å². The van der Waals surface area contributed by atoms with E-state index in [1.807, 2.05) is 6.20 Å². The molecule has 4 heteroatoms. The predicted octanol–water partition coefficient (Wildman–Crippen LogP) is 2.92. The molecule has 2 rings (SSSR count). The summed E-state index contributed by atoms with van der Waals surface area (Å²) in [6.45, 7) is 8.74. The Hall–Kier alpha value is -0.900. The van der Waals surface area contributed by atoms with Crippen molar-refractivity contribution in [2.24, 2.45) is 5.41 Å². The monoisotopic (exact) mass is 250 g/mol. The summed E-state index contributed by atoms with van der Waals surface area (Å²) in [5.74, 6) is 0. The summed E-state index contributed by atoms with van der Waals surface area (Å²) in [4.78, 5) is 0. The molecular formula is C14H26N4.